The Morgan fingerprint density at radius 2 is 1.62 bits per heavy atom. The van der Waals surface area contributed by atoms with E-state index >= 15 is 0 Å². The molecule has 0 bridgehead atoms. The van der Waals surface area contributed by atoms with Gasteiger partial charge in [0.15, 0.2) is 11.6 Å². The van der Waals surface area contributed by atoms with Crippen LogP contribution in [0.1, 0.15) is 26.3 Å². The molecule has 0 spiro atoms. The van der Waals surface area contributed by atoms with E-state index in [9.17, 15) is 17.2 Å². The van der Waals surface area contributed by atoms with Gasteiger partial charge in [0.1, 0.15) is 4.90 Å². The highest BCUT2D eigenvalue weighted by atomic mass is 32.2. The van der Waals surface area contributed by atoms with E-state index in [2.05, 4.69) is 0 Å². The van der Waals surface area contributed by atoms with Gasteiger partial charge in [-0.3, -0.25) is 4.55 Å². The predicted molar refractivity (Wildman–Crippen MR) is 54.9 cm³/mol. The fourth-order valence-electron chi connectivity index (χ4n) is 1.31. The molecular formula is C10H12F2O3S. The first-order chi connectivity index (χ1) is 7.05. The molecule has 0 heterocycles. The zero-order chi connectivity index (χ0) is 12.7. The van der Waals surface area contributed by atoms with Gasteiger partial charge in [0.2, 0.25) is 0 Å². The van der Waals surface area contributed by atoms with Crippen LogP contribution in [0.4, 0.5) is 8.78 Å². The van der Waals surface area contributed by atoms with Crippen molar-refractivity contribution < 1.29 is 21.8 Å². The first kappa shape index (κ1) is 13.1. The lowest BCUT2D eigenvalue weighted by Crippen LogP contribution is -2.16. The van der Waals surface area contributed by atoms with Crippen molar-refractivity contribution in [3.63, 3.8) is 0 Å². The largest absolute Gasteiger partial charge is 0.297 e. The third-order valence-electron chi connectivity index (χ3n) is 2.13. The van der Waals surface area contributed by atoms with Gasteiger partial charge in [0.05, 0.1) is 0 Å². The zero-order valence-corrected chi connectivity index (χ0v) is 9.90. The summed E-state index contributed by atoms with van der Waals surface area (Å²) in [5, 5.41) is 0. The zero-order valence-electron chi connectivity index (χ0n) is 9.08. The van der Waals surface area contributed by atoms with Crippen LogP contribution in [0.3, 0.4) is 0 Å². The maximum atomic E-state index is 13.5. The van der Waals surface area contributed by atoms with Gasteiger partial charge in [-0.25, -0.2) is 8.78 Å². The number of benzene rings is 1. The van der Waals surface area contributed by atoms with Crippen LogP contribution >= 0.6 is 0 Å². The second kappa shape index (κ2) is 3.78. The fraction of sp³-hybridized carbons (Fsp3) is 0.400. The highest BCUT2D eigenvalue weighted by Crippen LogP contribution is 2.29. The van der Waals surface area contributed by atoms with E-state index in [1.165, 1.54) is 0 Å². The van der Waals surface area contributed by atoms with Crippen molar-refractivity contribution >= 4 is 10.1 Å². The van der Waals surface area contributed by atoms with Crippen LogP contribution in [-0.2, 0) is 15.5 Å². The molecule has 3 nitrogen and oxygen atoms in total. The molecule has 0 aliphatic rings. The molecular weight excluding hydrogens is 238 g/mol. The standard InChI is InChI=1S/C10H12F2O3S/c1-10(2,3)6-4-5-7(16(13,14)15)9(12)8(6)11/h4-5H,1-3H3,(H,13,14,15). The molecule has 1 N–H and O–H groups in total. The maximum absolute atomic E-state index is 13.5. The normalized spacial score (nSPS) is 12.9. The van der Waals surface area contributed by atoms with Crippen molar-refractivity contribution in [3.05, 3.63) is 29.3 Å². The molecule has 1 aromatic carbocycles. The van der Waals surface area contributed by atoms with E-state index in [-0.39, 0.29) is 5.56 Å². The molecule has 1 aromatic rings. The minimum Gasteiger partial charge on any atom is -0.282 e. The third kappa shape index (κ3) is 2.38. The summed E-state index contributed by atoms with van der Waals surface area (Å²) < 4.78 is 57.0. The van der Waals surface area contributed by atoms with E-state index in [1.807, 2.05) is 0 Å². The first-order valence-corrected chi connectivity index (χ1v) is 5.95. The smallest absolute Gasteiger partial charge is 0.282 e. The van der Waals surface area contributed by atoms with Gasteiger partial charge < -0.3 is 0 Å². The predicted octanol–water partition coefficient (Wildman–Crippen LogP) is 2.51. The van der Waals surface area contributed by atoms with E-state index < -0.39 is 32.1 Å². The van der Waals surface area contributed by atoms with Crippen LogP contribution in [0.25, 0.3) is 0 Å². The highest BCUT2D eigenvalue weighted by Gasteiger charge is 2.26. The minimum absolute atomic E-state index is 0.0531. The van der Waals surface area contributed by atoms with E-state index in [1.54, 1.807) is 20.8 Å². The SMILES string of the molecule is CC(C)(C)c1ccc(S(=O)(=O)O)c(F)c1F. The molecule has 0 aliphatic heterocycles. The van der Waals surface area contributed by atoms with Crippen LogP contribution in [0, 0.1) is 11.6 Å². The average molecular weight is 250 g/mol. The summed E-state index contributed by atoms with van der Waals surface area (Å²) in [6, 6.07) is 2.01. The Bertz CT molecular complexity index is 516. The lowest BCUT2D eigenvalue weighted by molar-refractivity contribution is 0.435. The number of halogens is 2. The quantitative estimate of drug-likeness (QED) is 0.779. The molecule has 0 radical (unpaired) electrons. The van der Waals surface area contributed by atoms with Crippen molar-refractivity contribution in [3.8, 4) is 0 Å². The summed E-state index contributed by atoms with van der Waals surface area (Å²) >= 11 is 0. The Labute approximate surface area is 92.9 Å². The third-order valence-corrected chi connectivity index (χ3v) is 3.00. The molecule has 0 aliphatic carbocycles. The lowest BCUT2D eigenvalue weighted by Gasteiger charge is -2.20. The summed E-state index contributed by atoms with van der Waals surface area (Å²) in [5.74, 6) is -2.79. The van der Waals surface area contributed by atoms with Gasteiger partial charge in [0.25, 0.3) is 10.1 Å². The van der Waals surface area contributed by atoms with Crippen LogP contribution < -0.4 is 0 Å². The van der Waals surface area contributed by atoms with Crippen molar-refractivity contribution in [1.29, 1.82) is 0 Å². The van der Waals surface area contributed by atoms with E-state index in [4.69, 9.17) is 4.55 Å². The average Bonchev–Trinajstić information content (AvgIpc) is 2.05. The lowest BCUT2D eigenvalue weighted by atomic mass is 9.86. The van der Waals surface area contributed by atoms with Crippen molar-refractivity contribution in [2.75, 3.05) is 0 Å². The molecule has 1 rings (SSSR count). The molecule has 0 aromatic heterocycles. The second-order valence-corrected chi connectivity index (χ2v) is 5.85. The van der Waals surface area contributed by atoms with Crippen molar-refractivity contribution in [2.24, 2.45) is 0 Å². The van der Waals surface area contributed by atoms with E-state index in [0.717, 1.165) is 12.1 Å². The minimum atomic E-state index is -4.73. The van der Waals surface area contributed by atoms with Gasteiger partial charge in [-0.2, -0.15) is 8.42 Å². The molecule has 0 unspecified atom stereocenters. The Balaban J connectivity index is 3.54. The number of hydrogen-bond acceptors (Lipinski definition) is 2. The van der Waals surface area contributed by atoms with Gasteiger partial charge >= 0.3 is 0 Å². The topological polar surface area (TPSA) is 54.4 Å². The second-order valence-electron chi connectivity index (χ2n) is 4.46. The van der Waals surface area contributed by atoms with Gasteiger partial charge in [-0.15, -0.1) is 0 Å². The van der Waals surface area contributed by atoms with E-state index in [0.29, 0.717) is 0 Å². The summed E-state index contributed by atoms with van der Waals surface area (Å²) in [6.45, 7) is 4.99. The Morgan fingerprint density at radius 1 is 1.12 bits per heavy atom. The summed E-state index contributed by atoms with van der Waals surface area (Å²) in [7, 11) is -4.73. The molecule has 90 valence electrons. The fourth-order valence-corrected chi connectivity index (χ4v) is 1.87. The molecule has 0 saturated carbocycles. The molecule has 0 fully saturated rings. The Kier molecular flexibility index (Phi) is 3.08. The molecule has 16 heavy (non-hydrogen) atoms. The van der Waals surface area contributed by atoms with Crippen LogP contribution in [0.5, 0.6) is 0 Å². The monoisotopic (exact) mass is 250 g/mol. The Hall–Kier alpha value is -1.01. The number of hydrogen-bond donors (Lipinski definition) is 1. The van der Waals surface area contributed by atoms with Crippen LogP contribution in [0.2, 0.25) is 0 Å². The van der Waals surface area contributed by atoms with Crippen LogP contribution in [0.15, 0.2) is 17.0 Å². The molecule has 0 atom stereocenters. The number of rotatable bonds is 1. The van der Waals surface area contributed by atoms with Crippen molar-refractivity contribution in [2.45, 2.75) is 31.1 Å². The van der Waals surface area contributed by atoms with Crippen molar-refractivity contribution in [1.82, 2.24) is 0 Å². The van der Waals surface area contributed by atoms with Gasteiger partial charge in [0, 0.05) is 0 Å². The summed E-state index contributed by atoms with van der Waals surface area (Å²) in [5.41, 5.74) is -0.597. The van der Waals surface area contributed by atoms with Crippen LogP contribution in [-0.4, -0.2) is 13.0 Å². The molecule has 0 amide bonds. The highest BCUT2D eigenvalue weighted by molar-refractivity contribution is 7.85. The Morgan fingerprint density at radius 3 is 2.00 bits per heavy atom. The summed E-state index contributed by atoms with van der Waals surface area (Å²) in [6.07, 6.45) is 0. The molecule has 0 saturated heterocycles. The van der Waals surface area contributed by atoms with Gasteiger partial charge in [-0.1, -0.05) is 26.8 Å². The maximum Gasteiger partial charge on any atom is 0.297 e. The molecule has 6 heteroatoms. The first-order valence-electron chi connectivity index (χ1n) is 4.51. The van der Waals surface area contributed by atoms with Gasteiger partial charge in [-0.05, 0) is 17.0 Å². The summed E-state index contributed by atoms with van der Waals surface area (Å²) in [4.78, 5) is -1.04.